The standard InChI is InChI=1S/C20H18F3NO3/c1-26-17-9-2-3-10-18(17)27-13-11-19(25)24-12-5-7-15-6-4-8-16(14-15)20(21,22)23/h2-4,6,8-10,14H,11-13H2,1H3,(H,24,25). The number of methoxy groups -OCH3 is 1. The molecule has 0 spiro atoms. The van der Waals surface area contributed by atoms with Crippen molar-refractivity contribution in [2.75, 3.05) is 20.3 Å². The lowest BCUT2D eigenvalue weighted by Crippen LogP contribution is -2.25. The molecule has 4 nitrogen and oxygen atoms in total. The predicted molar refractivity (Wildman–Crippen MR) is 94.4 cm³/mol. The van der Waals surface area contributed by atoms with Gasteiger partial charge in [0.2, 0.25) is 5.91 Å². The van der Waals surface area contributed by atoms with Crippen LogP contribution in [0.2, 0.25) is 0 Å². The van der Waals surface area contributed by atoms with Crippen LogP contribution in [0.3, 0.4) is 0 Å². The SMILES string of the molecule is COc1ccccc1OCCC(=O)NCC#Cc1cccc(C(F)(F)F)c1. The van der Waals surface area contributed by atoms with Gasteiger partial charge in [-0.05, 0) is 30.3 Å². The van der Waals surface area contributed by atoms with E-state index in [1.807, 2.05) is 6.07 Å². The van der Waals surface area contributed by atoms with Crippen LogP contribution in [0.25, 0.3) is 0 Å². The molecule has 0 aromatic heterocycles. The molecular formula is C20H18F3NO3. The summed E-state index contributed by atoms with van der Waals surface area (Å²) >= 11 is 0. The van der Waals surface area contributed by atoms with E-state index in [1.54, 1.807) is 18.2 Å². The molecule has 0 radical (unpaired) electrons. The molecule has 27 heavy (non-hydrogen) atoms. The molecule has 0 bridgehead atoms. The lowest BCUT2D eigenvalue weighted by molar-refractivity contribution is -0.137. The molecule has 142 valence electrons. The molecule has 2 rings (SSSR count). The van der Waals surface area contributed by atoms with Crippen LogP contribution >= 0.6 is 0 Å². The fourth-order valence-corrected chi connectivity index (χ4v) is 2.14. The summed E-state index contributed by atoms with van der Waals surface area (Å²) in [5.74, 6) is 6.06. The average Bonchev–Trinajstić information content (AvgIpc) is 2.65. The van der Waals surface area contributed by atoms with E-state index in [2.05, 4.69) is 17.2 Å². The van der Waals surface area contributed by atoms with E-state index in [-0.39, 0.29) is 31.0 Å². The number of ether oxygens (including phenoxy) is 2. The number of hydrogen-bond donors (Lipinski definition) is 1. The van der Waals surface area contributed by atoms with E-state index in [1.165, 1.54) is 19.2 Å². The molecule has 0 heterocycles. The summed E-state index contributed by atoms with van der Waals surface area (Å²) in [5, 5.41) is 2.57. The fourth-order valence-electron chi connectivity index (χ4n) is 2.14. The maximum absolute atomic E-state index is 12.6. The third-order valence-corrected chi connectivity index (χ3v) is 3.45. The van der Waals surface area contributed by atoms with Crippen LogP contribution < -0.4 is 14.8 Å². The number of hydrogen-bond acceptors (Lipinski definition) is 3. The number of benzene rings is 2. The zero-order valence-corrected chi connectivity index (χ0v) is 14.6. The van der Waals surface area contributed by atoms with Gasteiger partial charge in [0, 0.05) is 5.56 Å². The van der Waals surface area contributed by atoms with Crippen LogP contribution in [-0.4, -0.2) is 26.2 Å². The van der Waals surface area contributed by atoms with Crippen molar-refractivity contribution in [3.8, 4) is 23.3 Å². The van der Waals surface area contributed by atoms with Gasteiger partial charge in [-0.3, -0.25) is 4.79 Å². The number of carbonyl (C=O) groups excluding carboxylic acids is 1. The van der Waals surface area contributed by atoms with Crippen molar-refractivity contribution in [1.82, 2.24) is 5.32 Å². The lowest BCUT2D eigenvalue weighted by atomic mass is 10.1. The van der Waals surface area contributed by atoms with Gasteiger partial charge in [0.05, 0.1) is 32.2 Å². The van der Waals surface area contributed by atoms with E-state index in [0.29, 0.717) is 11.5 Å². The minimum absolute atomic E-state index is 0.0315. The molecule has 0 fully saturated rings. The predicted octanol–water partition coefficient (Wildman–Crippen LogP) is 3.65. The van der Waals surface area contributed by atoms with Gasteiger partial charge in [-0.25, -0.2) is 0 Å². The van der Waals surface area contributed by atoms with E-state index >= 15 is 0 Å². The topological polar surface area (TPSA) is 47.6 Å². The van der Waals surface area contributed by atoms with Crippen molar-refractivity contribution in [2.24, 2.45) is 0 Å². The molecule has 0 aliphatic rings. The minimum atomic E-state index is -4.41. The summed E-state index contributed by atoms with van der Waals surface area (Å²) in [6, 6.07) is 11.8. The van der Waals surface area contributed by atoms with Gasteiger partial charge in [0.15, 0.2) is 11.5 Å². The molecule has 0 saturated heterocycles. The average molecular weight is 377 g/mol. The van der Waals surface area contributed by atoms with Gasteiger partial charge in [-0.15, -0.1) is 0 Å². The number of rotatable bonds is 6. The van der Waals surface area contributed by atoms with Crippen molar-refractivity contribution in [3.63, 3.8) is 0 Å². The molecule has 1 amide bonds. The van der Waals surface area contributed by atoms with Gasteiger partial charge in [0.1, 0.15) is 0 Å². The Morgan fingerprint density at radius 1 is 1.11 bits per heavy atom. The van der Waals surface area contributed by atoms with Crippen molar-refractivity contribution < 1.29 is 27.4 Å². The van der Waals surface area contributed by atoms with Crippen LogP contribution in [0.1, 0.15) is 17.5 Å². The Morgan fingerprint density at radius 2 is 1.85 bits per heavy atom. The van der Waals surface area contributed by atoms with E-state index in [0.717, 1.165) is 12.1 Å². The first kappa shape index (κ1) is 20.2. The Balaban J connectivity index is 1.76. The van der Waals surface area contributed by atoms with Gasteiger partial charge >= 0.3 is 6.18 Å². The highest BCUT2D eigenvalue weighted by molar-refractivity contribution is 5.76. The Hall–Kier alpha value is -3.14. The molecule has 0 unspecified atom stereocenters. The summed E-state index contributed by atoms with van der Waals surface area (Å²) in [6.45, 7) is 0.191. The number of alkyl halides is 3. The minimum Gasteiger partial charge on any atom is -0.493 e. The van der Waals surface area contributed by atoms with E-state index in [9.17, 15) is 18.0 Å². The molecular weight excluding hydrogens is 359 g/mol. The summed E-state index contributed by atoms with van der Waals surface area (Å²) in [6.07, 6.45) is -4.30. The molecule has 7 heteroatoms. The number of halogens is 3. The lowest BCUT2D eigenvalue weighted by Gasteiger charge is -2.09. The zero-order chi connectivity index (χ0) is 19.7. The first-order valence-electron chi connectivity index (χ1n) is 8.09. The highest BCUT2D eigenvalue weighted by Crippen LogP contribution is 2.29. The highest BCUT2D eigenvalue weighted by Gasteiger charge is 2.30. The maximum Gasteiger partial charge on any atom is 0.416 e. The van der Waals surface area contributed by atoms with Gasteiger partial charge < -0.3 is 14.8 Å². The smallest absolute Gasteiger partial charge is 0.416 e. The third-order valence-electron chi connectivity index (χ3n) is 3.45. The summed E-state index contributed by atoms with van der Waals surface area (Å²) in [5.41, 5.74) is -0.523. The van der Waals surface area contributed by atoms with Crippen LogP contribution in [0.4, 0.5) is 13.2 Å². The Bertz CT molecular complexity index is 838. The van der Waals surface area contributed by atoms with Crippen LogP contribution in [-0.2, 0) is 11.0 Å². The number of carbonyl (C=O) groups is 1. The third kappa shape index (κ3) is 6.59. The normalized spacial score (nSPS) is 10.5. The largest absolute Gasteiger partial charge is 0.493 e. The van der Waals surface area contributed by atoms with Crippen LogP contribution in [0.5, 0.6) is 11.5 Å². The molecule has 0 atom stereocenters. The summed E-state index contributed by atoms with van der Waals surface area (Å²) in [7, 11) is 1.53. The Morgan fingerprint density at radius 3 is 2.56 bits per heavy atom. The van der Waals surface area contributed by atoms with E-state index in [4.69, 9.17) is 9.47 Å². The van der Waals surface area contributed by atoms with Crippen molar-refractivity contribution in [3.05, 3.63) is 59.7 Å². The first-order valence-corrected chi connectivity index (χ1v) is 8.09. The maximum atomic E-state index is 12.6. The van der Waals surface area contributed by atoms with Crippen molar-refractivity contribution in [2.45, 2.75) is 12.6 Å². The van der Waals surface area contributed by atoms with Crippen molar-refractivity contribution in [1.29, 1.82) is 0 Å². The Kier molecular flexibility index (Phi) is 7.12. The summed E-state index contributed by atoms with van der Waals surface area (Å²) < 4.78 is 48.5. The second-order valence-corrected chi connectivity index (χ2v) is 5.41. The number of para-hydroxylation sites is 2. The molecule has 1 N–H and O–H groups in total. The monoisotopic (exact) mass is 377 g/mol. The molecule has 0 aliphatic heterocycles. The van der Waals surface area contributed by atoms with Gasteiger partial charge in [0.25, 0.3) is 0 Å². The summed E-state index contributed by atoms with van der Waals surface area (Å²) in [4.78, 5) is 11.7. The first-order chi connectivity index (χ1) is 12.9. The van der Waals surface area contributed by atoms with Crippen LogP contribution in [0.15, 0.2) is 48.5 Å². The number of nitrogens with one attached hydrogen (secondary N) is 1. The highest BCUT2D eigenvalue weighted by atomic mass is 19.4. The second-order valence-electron chi connectivity index (χ2n) is 5.41. The van der Waals surface area contributed by atoms with Crippen LogP contribution in [0, 0.1) is 11.8 Å². The molecule has 0 aliphatic carbocycles. The zero-order valence-electron chi connectivity index (χ0n) is 14.6. The molecule has 2 aromatic carbocycles. The fraction of sp³-hybridized carbons (Fsp3) is 0.250. The molecule has 2 aromatic rings. The van der Waals surface area contributed by atoms with Gasteiger partial charge in [-0.1, -0.05) is 30.0 Å². The number of amides is 1. The van der Waals surface area contributed by atoms with Crippen molar-refractivity contribution >= 4 is 5.91 Å². The second kappa shape index (κ2) is 9.53. The van der Waals surface area contributed by atoms with E-state index < -0.39 is 11.7 Å². The quantitative estimate of drug-likeness (QED) is 0.782. The van der Waals surface area contributed by atoms with Gasteiger partial charge in [-0.2, -0.15) is 13.2 Å². The molecule has 0 saturated carbocycles. The Labute approximate surface area is 155 Å².